The van der Waals surface area contributed by atoms with Crippen LogP contribution in [0.1, 0.15) is 0 Å². The van der Waals surface area contributed by atoms with E-state index in [9.17, 15) is 87.8 Å². The van der Waals surface area contributed by atoms with E-state index < -0.39 is 70.1 Å². The normalized spacial score (nSPS) is 46.9. The number of rotatable bonds is 1. The van der Waals surface area contributed by atoms with E-state index in [-0.39, 0.29) is 0 Å². The van der Waals surface area contributed by atoms with E-state index in [4.69, 9.17) is 0 Å². The Hall–Kier alpha value is -1.40. The van der Waals surface area contributed by atoms with Gasteiger partial charge >= 0.3 is 64.6 Å². The van der Waals surface area contributed by atoms with Gasteiger partial charge in [0.2, 0.25) is 5.41 Å². The molecule has 0 aromatic rings. The maximum absolute atomic E-state index is 14.5. The maximum Gasteiger partial charge on any atom is 0.454 e. The van der Waals surface area contributed by atoms with Crippen LogP contribution in [0.5, 0.6) is 0 Å². The van der Waals surface area contributed by atoms with Crippen molar-refractivity contribution >= 4 is 0 Å². The summed E-state index contributed by atoms with van der Waals surface area (Å²) < 4.78 is 278. The molecular weight excluding hydrogens is 524 g/mol. The van der Waals surface area contributed by atoms with Crippen molar-refractivity contribution in [3.8, 4) is 0 Å². The summed E-state index contributed by atoms with van der Waals surface area (Å²) in [4.78, 5) is 0. The Morgan fingerprint density at radius 1 is 0.312 bits per heavy atom. The predicted octanol–water partition coefficient (Wildman–Crippen LogP) is 6.15. The summed E-state index contributed by atoms with van der Waals surface area (Å²) in [5.41, 5.74) is -34.4. The minimum Gasteiger partial charge on any atom is -0.223 e. The van der Waals surface area contributed by atoms with Gasteiger partial charge in [0.1, 0.15) is 0 Å². The molecule has 0 nitrogen and oxygen atoms in total. The molecule has 0 heterocycles. The Bertz CT molecular complexity index is 762. The molecule has 32 heavy (non-hydrogen) atoms. The molecule has 0 amide bonds. The van der Waals surface area contributed by atoms with E-state index in [0.717, 1.165) is 0 Å². The van der Waals surface area contributed by atoms with E-state index in [1.807, 2.05) is 0 Å². The van der Waals surface area contributed by atoms with Crippen molar-refractivity contribution in [3.05, 3.63) is 0 Å². The van der Waals surface area contributed by atoms with E-state index in [0.29, 0.717) is 0 Å². The second-order valence-electron chi connectivity index (χ2n) is 7.24. The highest BCUT2D eigenvalue weighted by molar-refractivity contribution is 5.54. The Morgan fingerprint density at radius 2 is 0.500 bits per heavy atom. The zero-order chi connectivity index (χ0) is 26.0. The van der Waals surface area contributed by atoms with E-state index in [1.165, 1.54) is 0 Å². The minimum absolute atomic E-state index is 8.32. The molecule has 4 bridgehead atoms. The molecule has 4 aliphatic rings. The van der Waals surface area contributed by atoms with Gasteiger partial charge < -0.3 is 0 Å². The van der Waals surface area contributed by atoms with Gasteiger partial charge in [0, 0.05) is 0 Å². The molecule has 4 aliphatic carbocycles. The van der Waals surface area contributed by atoms with Crippen LogP contribution in [0.4, 0.5) is 87.8 Å². The maximum atomic E-state index is 14.5. The molecule has 20 heteroatoms. The number of hydrogen-bond donors (Lipinski definition) is 0. The number of hydrogen-bond acceptors (Lipinski definition) is 0. The zero-order valence-electron chi connectivity index (χ0n) is 13.6. The molecule has 188 valence electrons. The summed E-state index contributed by atoms with van der Waals surface area (Å²) in [6.45, 7) is 0. The van der Waals surface area contributed by atoms with Crippen molar-refractivity contribution in [1.29, 1.82) is 0 Å². The van der Waals surface area contributed by atoms with Crippen LogP contribution in [0, 0.1) is 5.41 Å². The summed E-state index contributed by atoms with van der Waals surface area (Å²) >= 11 is 0. The first-order valence-electron chi connectivity index (χ1n) is 7.28. The highest BCUT2D eigenvalue weighted by Gasteiger charge is 3.25. The summed E-state index contributed by atoms with van der Waals surface area (Å²) in [7, 11) is 0. The van der Waals surface area contributed by atoms with Crippen LogP contribution >= 0.6 is 0 Å². The molecule has 4 rings (SSSR count). The van der Waals surface area contributed by atoms with Gasteiger partial charge in [-0.2, -0.15) is 48.3 Å². The molecule has 0 atom stereocenters. The molecule has 0 aliphatic heterocycles. The summed E-state index contributed by atoms with van der Waals surface area (Å²) in [6.07, 6.45) is -8.32. The molecule has 0 aromatic carbocycles. The molecule has 0 aromatic heterocycles. The van der Waals surface area contributed by atoms with Gasteiger partial charge in [-0.05, 0) is 0 Å². The fraction of sp³-hybridized carbons (Fsp3) is 1.00. The van der Waals surface area contributed by atoms with Crippen molar-refractivity contribution in [1.82, 2.24) is 0 Å². The second-order valence-corrected chi connectivity index (χ2v) is 7.24. The van der Waals surface area contributed by atoms with Gasteiger partial charge in [0.05, 0.1) is 0 Å². The summed E-state index contributed by atoms with van der Waals surface area (Å²) in [5.74, 6) is -60.6. The third-order valence-electron chi connectivity index (χ3n) is 6.13. The second kappa shape index (κ2) is 4.86. The van der Waals surface area contributed by atoms with Gasteiger partial charge in [-0.3, -0.25) is 0 Å². The molecule has 4 fully saturated rings. The average Bonchev–Trinajstić information content (AvgIpc) is 2.53. The molecule has 0 unspecified atom stereocenters. The third-order valence-corrected chi connectivity index (χ3v) is 6.13. The largest absolute Gasteiger partial charge is 0.454 e. The SMILES string of the molecule is FC(F)(F)C(F)(F)C12C(F)(F)C3(F)C(F)(F)C(F)(C(F)(F)C(F)(C3(F)F)C1(F)F)C2(F)F. The van der Waals surface area contributed by atoms with E-state index in [2.05, 4.69) is 0 Å². The van der Waals surface area contributed by atoms with Crippen molar-refractivity contribution in [3.63, 3.8) is 0 Å². The van der Waals surface area contributed by atoms with Gasteiger partial charge in [-0.1, -0.05) is 0 Å². The third kappa shape index (κ3) is 1.40. The number of alkyl halides is 20. The van der Waals surface area contributed by atoms with Gasteiger partial charge in [-0.25, -0.2) is 39.5 Å². The fourth-order valence-corrected chi connectivity index (χ4v) is 4.66. The van der Waals surface area contributed by atoms with E-state index >= 15 is 0 Å². The average molecular weight is 524 g/mol. The standard InChI is InChI=1S/C12F20/c13-2-5(16,17)1(8(22,23)12(30,31)32)6(18,19)3(14,9(2,24)25)11(28,29)4(15,7(1,20)21)10(2,26)27. The quantitative estimate of drug-likeness (QED) is 0.362. The first-order valence-corrected chi connectivity index (χ1v) is 7.28. The highest BCUT2D eigenvalue weighted by Crippen LogP contribution is 2.93. The molecular formula is C12F20. The monoisotopic (exact) mass is 524 g/mol. The molecule has 0 N–H and O–H groups in total. The molecule has 0 radical (unpaired) electrons. The van der Waals surface area contributed by atoms with Crippen LogP contribution < -0.4 is 0 Å². The molecule has 0 saturated heterocycles. The van der Waals surface area contributed by atoms with Crippen LogP contribution in [0.25, 0.3) is 0 Å². The Labute approximate surface area is 159 Å². The Kier molecular flexibility index (Phi) is 3.83. The molecule has 0 spiro atoms. The van der Waals surface area contributed by atoms with Gasteiger partial charge in [0.15, 0.2) is 0 Å². The highest BCUT2D eigenvalue weighted by atomic mass is 19.4. The fourth-order valence-electron chi connectivity index (χ4n) is 4.66. The minimum atomic E-state index is -8.90. The zero-order valence-corrected chi connectivity index (χ0v) is 13.6. The van der Waals surface area contributed by atoms with Gasteiger partial charge in [0.25, 0.3) is 0 Å². The topological polar surface area (TPSA) is 0 Å². The first kappa shape index (κ1) is 25.2. The van der Waals surface area contributed by atoms with Crippen LogP contribution in [0.15, 0.2) is 0 Å². The van der Waals surface area contributed by atoms with E-state index in [1.54, 1.807) is 0 Å². The summed E-state index contributed by atoms with van der Waals surface area (Å²) in [5, 5.41) is 0. The number of halogens is 20. The van der Waals surface area contributed by atoms with Crippen molar-refractivity contribution in [2.45, 2.75) is 64.6 Å². The van der Waals surface area contributed by atoms with Crippen molar-refractivity contribution < 1.29 is 87.8 Å². The smallest absolute Gasteiger partial charge is 0.223 e. The lowest BCUT2D eigenvalue weighted by molar-refractivity contribution is -0.636. The lowest BCUT2D eigenvalue weighted by atomic mass is 9.35. The summed E-state index contributed by atoms with van der Waals surface area (Å²) in [6, 6.07) is 0. The lowest BCUT2D eigenvalue weighted by Crippen LogP contribution is -3.09. The Morgan fingerprint density at radius 3 is 0.656 bits per heavy atom. The van der Waals surface area contributed by atoms with Gasteiger partial charge in [-0.15, -0.1) is 0 Å². The van der Waals surface area contributed by atoms with Crippen LogP contribution in [0.2, 0.25) is 0 Å². The predicted molar refractivity (Wildman–Crippen MR) is 54.6 cm³/mol. The Balaban J connectivity index is 2.82. The first-order chi connectivity index (χ1) is 13.5. The van der Waals surface area contributed by atoms with Crippen molar-refractivity contribution in [2.24, 2.45) is 5.41 Å². The lowest BCUT2D eigenvalue weighted by Gasteiger charge is -2.75. The van der Waals surface area contributed by atoms with Crippen LogP contribution in [-0.4, -0.2) is 64.6 Å². The van der Waals surface area contributed by atoms with Crippen LogP contribution in [-0.2, 0) is 0 Å². The van der Waals surface area contributed by atoms with Crippen LogP contribution in [0.3, 0.4) is 0 Å². The van der Waals surface area contributed by atoms with Crippen molar-refractivity contribution in [2.75, 3.05) is 0 Å². The molecule has 4 saturated carbocycles.